The Hall–Kier alpha value is -4.10. The zero-order chi connectivity index (χ0) is 29.1. The van der Waals surface area contributed by atoms with E-state index in [4.69, 9.17) is 21.1 Å². The van der Waals surface area contributed by atoms with Crippen molar-refractivity contribution < 1.29 is 19.1 Å². The van der Waals surface area contributed by atoms with Gasteiger partial charge in [0.1, 0.15) is 12.4 Å². The van der Waals surface area contributed by atoms with Crippen LogP contribution in [0.4, 0.5) is 5.82 Å². The number of amides is 1. The van der Waals surface area contributed by atoms with Gasteiger partial charge < -0.3 is 14.8 Å². The molecule has 1 heterocycles. The largest absolute Gasteiger partial charge is 0.493 e. The molecule has 4 aromatic rings. The summed E-state index contributed by atoms with van der Waals surface area (Å²) in [5, 5.41) is 8.05. The molecule has 0 radical (unpaired) electrons. The quantitative estimate of drug-likeness (QED) is 0.202. The summed E-state index contributed by atoms with van der Waals surface area (Å²) in [6.45, 7) is 11.1. The monoisotopic (exact) mass is 561 g/mol. The maximum absolute atomic E-state index is 13.1. The lowest BCUT2D eigenvalue weighted by Gasteiger charge is -2.14. The number of anilines is 1. The van der Waals surface area contributed by atoms with Crippen molar-refractivity contribution in [2.75, 3.05) is 11.9 Å². The number of benzene rings is 3. The van der Waals surface area contributed by atoms with Crippen LogP contribution in [0, 0.1) is 12.8 Å². The molecule has 0 fully saturated rings. The second-order valence-corrected chi connectivity index (χ2v) is 9.78. The Kier molecular flexibility index (Phi) is 11.3. The number of halogens is 1. The van der Waals surface area contributed by atoms with E-state index in [1.165, 1.54) is 0 Å². The smallest absolute Gasteiger partial charge is 0.338 e. The highest BCUT2D eigenvalue weighted by atomic mass is 35.5. The molecule has 8 heteroatoms. The van der Waals surface area contributed by atoms with E-state index in [1.54, 1.807) is 65.3 Å². The van der Waals surface area contributed by atoms with Crippen LogP contribution in [-0.2, 0) is 17.9 Å². The maximum atomic E-state index is 13.1. The molecule has 0 saturated heterocycles. The van der Waals surface area contributed by atoms with Gasteiger partial charge in [0.2, 0.25) is 0 Å². The number of nitrogens with one attached hydrogen (secondary N) is 1. The molecule has 0 spiro atoms. The predicted molar refractivity (Wildman–Crippen MR) is 159 cm³/mol. The Morgan fingerprint density at radius 1 is 0.950 bits per heavy atom. The van der Waals surface area contributed by atoms with E-state index in [-0.39, 0.29) is 12.5 Å². The van der Waals surface area contributed by atoms with Crippen molar-refractivity contribution >= 4 is 29.3 Å². The molecule has 0 aliphatic heterocycles. The summed E-state index contributed by atoms with van der Waals surface area (Å²) in [5.74, 6) is 0.756. The first-order chi connectivity index (χ1) is 19.3. The van der Waals surface area contributed by atoms with Gasteiger partial charge in [-0.3, -0.25) is 9.48 Å². The van der Waals surface area contributed by atoms with Crippen LogP contribution in [0.1, 0.15) is 65.2 Å². The van der Waals surface area contributed by atoms with Crippen LogP contribution in [0.5, 0.6) is 5.75 Å². The Morgan fingerprint density at radius 2 is 1.65 bits per heavy atom. The number of carbonyl (C=O) groups excluding carboxylic acids is 2. The van der Waals surface area contributed by atoms with Gasteiger partial charge in [-0.05, 0) is 49.2 Å². The fourth-order valence-electron chi connectivity index (χ4n) is 3.81. The molecule has 0 bridgehead atoms. The third kappa shape index (κ3) is 8.45. The average molecular weight is 562 g/mol. The van der Waals surface area contributed by atoms with Crippen molar-refractivity contribution in [1.29, 1.82) is 0 Å². The molecule has 3 aromatic carbocycles. The minimum atomic E-state index is -0.451. The van der Waals surface area contributed by atoms with Crippen LogP contribution in [0.3, 0.4) is 0 Å². The maximum Gasteiger partial charge on any atom is 0.338 e. The van der Waals surface area contributed by atoms with Gasteiger partial charge >= 0.3 is 5.97 Å². The molecule has 4 rings (SSSR count). The molecule has 1 aromatic heterocycles. The number of hydrogen-bond acceptors (Lipinski definition) is 5. The van der Waals surface area contributed by atoms with Crippen molar-refractivity contribution in [3.8, 4) is 5.75 Å². The Morgan fingerprint density at radius 3 is 2.38 bits per heavy atom. The molecule has 1 amide bonds. The summed E-state index contributed by atoms with van der Waals surface area (Å²) in [6.07, 6.45) is 0. The van der Waals surface area contributed by atoms with Crippen molar-refractivity contribution in [3.63, 3.8) is 0 Å². The molecule has 40 heavy (non-hydrogen) atoms. The van der Waals surface area contributed by atoms with Gasteiger partial charge in [0.15, 0.2) is 5.82 Å². The molecular formula is C32H36ClN3O4. The second-order valence-electron chi connectivity index (χ2n) is 9.34. The summed E-state index contributed by atoms with van der Waals surface area (Å²) in [4.78, 5) is 25.5. The molecule has 0 aliphatic rings. The van der Waals surface area contributed by atoms with Crippen molar-refractivity contribution in [3.05, 3.63) is 112 Å². The molecule has 0 aliphatic carbocycles. The van der Waals surface area contributed by atoms with Crippen LogP contribution < -0.4 is 10.1 Å². The number of aryl methyl sites for hydroxylation is 1. The van der Waals surface area contributed by atoms with Crippen molar-refractivity contribution in [2.24, 2.45) is 5.92 Å². The van der Waals surface area contributed by atoms with E-state index in [0.29, 0.717) is 46.6 Å². The fraction of sp³-hybridized carbons (Fsp3) is 0.281. The first kappa shape index (κ1) is 30.4. The van der Waals surface area contributed by atoms with E-state index >= 15 is 0 Å². The summed E-state index contributed by atoms with van der Waals surface area (Å²) in [5.41, 5.74) is 3.21. The van der Waals surface area contributed by atoms with E-state index in [2.05, 4.69) is 24.3 Å². The zero-order valence-corrected chi connectivity index (χ0v) is 24.4. The topological polar surface area (TPSA) is 82.5 Å². The normalized spacial score (nSPS) is 10.5. The van der Waals surface area contributed by atoms with Gasteiger partial charge in [0.25, 0.3) is 5.91 Å². The number of nitrogens with zero attached hydrogens (tertiary/aromatic N) is 2. The number of rotatable bonds is 10. The molecule has 1 N–H and O–H groups in total. The Bertz CT molecular complexity index is 1420. The SMILES string of the molecule is CC.Cc1cc(NC(=O)c2ccccc2COC(=O)c2ccccc2)nn1Cc1cc(Cl)ccc1OCC(C)C. The van der Waals surface area contributed by atoms with Crippen LogP contribution in [0.25, 0.3) is 0 Å². The minimum absolute atomic E-state index is 0.0291. The number of ether oxygens (including phenoxy) is 2. The van der Waals surface area contributed by atoms with Crippen LogP contribution in [0.2, 0.25) is 5.02 Å². The highest BCUT2D eigenvalue weighted by Crippen LogP contribution is 2.25. The van der Waals surface area contributed by atoms with Gasteiger partial charge in [-0.2, -0.15) is 5.10 Å². The summed E-state index contributed by atoms with van der Waals surface area (Å²) >= 11 is 6.25. The number of aromatic nitrogens is 2. The van der Waals surface area contributed by atoms with Gasteiger partial charge in [0, 0.05) is 33.5 Å². The van der Waals surface area contributed by atoms with Gasteiger partial charge in [-0.25, -0.2) is 4.79 Å². The van der Waals surface area contributed by atoms with E-state index in [1.807, 2.05) is 39.0 Å². The van der Waals surface area contributed by atoms with Gasteiger partial charge in [0.05, 0.1) is 18.7 Å². The summed E-state index contributed by atoms with van der Waals surface area (Å²) < 4.78 is 13.2. The van der Waals surface area contributed by atoms with Crippen LogP contribution in [0.15, 0.2) is 78.9 Å². The number of carbonyl (C=O) groups is 2. The molecule has 7 nitrogen and oxygen atoms in total. The predicted octanol–water partition coefficient (Wildman–Crippen LogP) is 7.56. The standard InChI is InChI=1S/C30H30ClN3O4.C2H6/c1-20(2)18-37-27-14-13-25(31)16-24(27)17-34-21(3)15-28(33-34)32-29(35)26-12-8-7-11-23(26)19-38-30(36)22-9-5-4-6-10-22;1-2/h4-16,20H,17-19H2,1-3H3,(H,32,33,35);1-2H3. The highest BCUT2D eigenvalue weighted by molar-refractivity contribution is 6.30. The summed E-state index contributed by atoms with van der Waals surface area (Å²) in [7, 11) is 0. The second kappa shape index (κ2) is 14.9. The fourth-order valence-corrected chi connectivity index (χ4v) is 4.01. The Balaban J connectivity index is 0.00000216. The molecule has 0 saturated carbocycles. The third-order valence-corrected chi connectivity index (χ3v) is 6.00. The summed E-state index contributed by atoms with van der Waals surface area (Å²) in [6, 6.07) is 23.1. The minimum Gasteiger partial charge on any atom is -0.493 e. The molecular weight excluding hydrogens is 526 g/mol. The zero-order valence-electron chi connectivity index (χ0n) is 23.6. The lowest BCUT2D eigenvalue weighted by atomic mass is 10.1. The molecule has 0 unspecified atom stereocenters. The lowest BCUT2D eigenvalue weighted by Crippen LogP contribution is -2.16. The number of esters is 1. The average Bonchev–Trinajstić information content (AvgIpc) is 3.30. The highest BCUT2D eigenvalue weighted by Gasteiger charge is 2.16. The lowest BCUT2D eigenvalue weighted by molar-refractivity contribution is 0.0470. The third-order valence-electron chi connectivity index (χ3n) is 5.77. The Labute approximate surface area is 241 Å². The van der Waals surface area contributed by atoms with Crippen molar-refractivity contribution in [2.45, 2.75) is 47.8 Å². The van der Waals surface area contributed by atoms with Crippen LogP contribution >= 0.6 is 11.6 Å². The van der Waals surface area contributed by atoms with Crippen molar-refractivity contribution in [1.82, 2.24) is 9.78 Å². The molecule has 210 valence electrons. The van der Waals surface area contributed by atoms with Gasteiger partial charge in [-0.1, -0.05) is 75.7 Å². The first-order valence-corrected chi connectivity index (χ1v) is 13.7. The first-order valence-electron chi connectivity index (χ1n) is 13.4. The van der Waals surface area contributed by atoms with E-state index < -0.39 is 5.97 Å². The van der Waals surface area contributed by atoms with E-state index in [9.17, 15) is 9.59 Å². The number of hydrogen-bond donors (Lipinski definition) is 1. The van der Waals surface area contributed by atoms with Crippen LogP contribution in [-0.4, -0.2) is 28.3 Å². The van der Waals surface area contributed by atoms with E-state index in [0.717, 1.165) is 17.0 Å². The van der Waals surface area contributed by atoms with Gasteiger partial charge in [-0.15, -0.1) is 0 Å². The molecule has 0 atom stereocenters.